The molecule has 0 saturated heterocycles. The first-order valence-electron chi connectivity index (χ1n) is 10.1. The third kappa shape index (κ3) is 4.15. The van der Waals surface area contributed by atoms with Gasteiger partial charge >= 0.3 is 5.97 Å². The molecule has 5 heteroatoms. The lowest BCUT2D eigenvalue weighted by molar-refractivity contribution is -0.138. The lowest BCUT2D eigenvalue weighted by atomic mass is 10.0. The summed E-state index contributed by atoms with van der Waals surface area (Å²) in [5, 5.41) is 0. The number of amides is 1. The van der Waals surface area contributed by atoms with E-state index >= 15 is 0 Å². The molecule has 0 fully saturated rings. The van der Waals surface area contributed by atoms with E-state index in [4.69, 9.17) is 9.47 Å². The van der Waals surface area contributed by atoms with E-state index in [0.717, 1.165) is 28.1 Å². The molecule has 0 spiro atoms. The largest absolute Gasteiger partial charge is 0.494 e. The zero-order chi connectivity index (χ0) is 21.8. The number of ether oxygens (including phenoxy) is 2. The fourth-order valence-electron chi connectivity index (χ4n) is 3.45. The first-order chi connectivity index (χ1) is 14.4. The lowest BCUT2D eigenvalue weighted by Crippen LogP contribution is -2.24. The number of benzene rings is 2. The van der Waals surface area contributed by atoms with Gasteiger partial charge < -0.3 is 9.47 Å². The van der Waals surface area contributed by atoms with Crippen molar-refractivity contribution < 1.29 is 19.1 Å². The number of esters is 1. The molecule has 30 heavy (non-hydrogen) atoms. The lowest BCUT2D eigenvalue weighted by Gasteiger charge is -2.19. The molecule has 0 saturated carbocycles. The van der Waals surface area contributed by atoms with Crippen molar-refractivity contribution in [3.8, 4) is 5.75 Å². The van der Waals surface area contributed by atoms with Gasteiger partial charge in [0.15, 0.2) is 0 Å². The van der Waals surface area contributed by atoms with E-state index in [1.54, 1.807) is 24.8 Å². The molecule has 1 aliphatic rings. The maximum Gasteiger partial charge on any atom is 0.340 e. The fraction of sp³-hybridized carbons (Fsp3) is 0.280. The fourth-order valence-corrected chi connectivity index (χ4v) is 3.45. The van der Waals surface area contributed by atoms with Crippen molar-refractivity contribution in [3.05, 3.63) is 76.0 Å². The smallest absolute Gasteiger partial charge is 0.340 e. The molecule has 2 aromatic carbocycles. The van der Waals surface area contributed by atoms with Crippen LogP contribution in [0.5, 0.6) is 5.75 Å². The summed E-state index contributed by atoms with van der Waals surface area (Å²) in [4.78, 5) is 27.7. The Morgan fingerprint density at radius 1 is 0.967 bits per heavy atom. The molecule has 1 heterocycles. The van der Waals surface area contributed by atoms with E-state index < -0.39 is 5.97 Å². The number of rotatable bonds is 6. The van der Waals surface area contributed by atoms with Crippen LogP contribution in [0.4, 0.5) is 5.69 Å². The zero-order valence-electron chi connectivity index (χ0n) is 18.1. The molecule has 3 rings (SSSR count). The van der Waals surface area contributed by atoms with Crippen LogP contribution in [-0.2, 0) is 14.3 Å². The number of nitrogens with zero attached hydrogens (tertiary/aromatic N) is 1. The van der Waals surface area contributed by atoms with Gasteiger partial charge in [0.05, 0.1) is 24.4 Å². The molecule has 0 unspecified atom stereocenters. The molecule has 5 nitrogen and oxygen atoms in total. The molecule has 0 aromatic heterocycles. The van der Waals surface area contributed by atoms with Crippen LogP contribution in [0.25, 0.3) is 6.08 Å². The first kappa shape index (κ1) is 21.4. The SMILES string of the molecule is CCOC(=O)C1=C(C)N(c2ccc(C)c(C)c2)C(=O)C1=Cc1ccc(OCC)cc1. The van der Waals surface area contributed by atoms with Crippen molar-refractivity contribution in [1.29, 1.82) is 0 Å². The zero-order valence-corrected chi connectivity index (χ0v) is 18.1. The van der Waals surface area contributed by atoms with Crippen LogP contribution in [0.2, 0.25) is 0 Å². The predicted molar refractivity (Wildman–Crippen MR) is 118 cm³/mol. The van der Waals surface area contributed by atoms with Gasteiger partial charge in [-0.25, -0.2) is 4.79 Å². The molecule has 0 radical (unpaired) electrons. The molecule has 0 atom stereocenters. The van der Waals surface area contributed by atoms with Crippen LogP contribution in [0, 0.1) is 13.8 Å². The number of carbonyl (C=O) groups is 2. The van der Waals surface area contributed by atoms with Crippen LogP contribution in [0.1, 0.15) is 37.5 Å². The summed E-state index contributed by atoms with van der Waals surface area (Å²) in [6, 6.07) is 13.2. The quantitative estimate of drug-likeness (QED) is 0.503. The Morgan fingerprint density at radius 3 is 2.27 bits per heavy atom. The Morgan fingerprint density at radius 2 is 1.67 bits per heavy atom. The van der Waals surface area contributed by atoms with E-state index in [-0.39, 0.29) is 12.5 Å². The number of hydrogen-bond acceptors (Lipinski definition) is 4. The predicted octanol–water partition coefficient (Wildman–Crippen LogP) is 4.97. The highest BCUT2D eigenvalue weighted by Crippen LogP contribution is 2.36. The number of anilines is 1. The van der Waals surface area contributed by atoms with Gasteiger partial charge in [0, 0.05) is 11.4 Å². The summed E-state index contributed by atoms with van der Waals surface area (Å²) >= 11 is 0. The highest BCUT2D eigenvalue weighted by atomic mass is 16.5. The van der Waals surface area contributed by atoms with E-state index in [1.807, 2.05) is 63.2 Å². The third-order valence-electron chi connectivity index (χ3n) is 5.13. The van der Waals surface area contributed by atoms with Crippen LogP contribution in [0.15, 0.2) is 59.3 Å². The second-order valence-corrected chi connectivity index (χ2v) is 7.15. The normalized spacial score (nSPS) is 15.2. The van der Waals surface area contributed by atoms with Crippen molar-refractivity contribution in [2.75, 3.05) is 18.1 Å². The van der Waals surface area contributed by atoms with Gasteiger partial charge in [-0.1, -0.05) is 18.2 Å². The van der Waals surface area contributed by atoms with Crippen LogP contribution < -0.4 is 9.64 Å². The second kappa shape index (κ2) is 8.99. The molecule has 156 valence electrons. The number of carbonyl (C=O) groups excluding carboxylic acids is 2. The summed E-state index contributed by atoms with van der Waals surface area (Å²) in [6.45, 7) is 10.3. The Balaban J connectivity index is 2.07. The molecular formula is C25H27NO4. The van der Waals surface area contributed by atoms with Crippen molar-refractivity contribution in [1.82, 2.24) is 0 Å². The molecule has 1 aliphatic heterocycles. The van der Waals surface area contributed by atoms with Crippen LogP contribution in [-0.4, -0.2) is 25.1 Å². The van der Waals surface area contributed by atoms with Gasteiger partial charge in [-0.05, 0) is 81.7 Å². The third-order valence-corrected chi connectivity index (χ3v) is 5.13. The summed E-state index contributed by atoms with van der Waals surface area (Å²) in [5.41, 5.74) is 4.95. The Kier molecular flexibility index (Phi) is 6.40. The highest BCUT2D eigenvalue weighted by Gasteiger charge is 2.38. The summed E-state index contributed by atoms with van der Waals surface area (Å²) in [7, 11) is 0. The van der Waals surface area contributed by atoms with E-state index in [2.05, 4.69) is 0 Å². The standard InChI is InChI=1S/C25H27NO4/c1-6-29-21-12-9-19(10-13-21)15-22-23(25(28)30-7-2)18(5)26(24(22)27)20-11-8-16(3)17(4)14-20/h8-15H,6-7H2,1-5H3. The van der Waals surface area contributed by atoms with Crippen LogP contribution >= 0.6 is 0 Å². The summed E-state index contributed by atoms with van der Waals surface area (Å²) in [6.07, 6.45) is 1.73. The van der Waals surface area contributed by atoms with Crippen molar-refractivity contribution >= 4 is 23.6 Å². The van der Waals surface area contributed by atoms with E-state index in [0.29, 0.717) is 23.5 Å². The Labute approximate surface area is 177 Å². The van der Waals surface area contributed by atoms with Gasteiger partial charge in [-0.3, -0.25) is 9.69 Å². The van der Waals surface area contributed by atoms with Crippen molar-refractivity contribution in [2.45, 2.75) is 34.6 Å². The van der Waals surface area contributed by atoms with Gasteiger partial charge in [0.1, 0.15) is 5.75 Å². The molecule has 0 aliphatic carbocycles. The molecular weight excluding hydrogens is 378 g/mol. The minimum absolute atomic E-state index is 0.240. The molecule has 2 aromatic rings. The molecule has 0 bridgehead atoms. The number of hydrogen-bond donors (Lipinski definition) is 0. The Bertz CT molecular complexity index is 1030. The minimum atomic E-state index is -0.494. The van der Waals surface area contributed by atoms with Crippen molar-refractivity contribution in [2.24, 2.45) is 0 Å². The van der Waals surface area contributed by atoms with Gasteiger partial charge in [0.25, 0.3) is 5.91 Å². The Hall–Kier alpha value is -3.34. The number of aryl methyl sites for hydroxylation is 2. The average molecular weight is 405 g/mol. The monoisotopic (exact) mass is 405 g/mol. The minimum Gasteiger partial charge on any atom is -0.494 e. The van der Waals surface area contributed by atoms with E-state index in [1.165, 1.54) is 0 Å². The second-order valence-electron chi connectivity index (χ2n) is 7.15. The highest BCUT2D eigenvalue weighted by molar-refractivity contribution is 6.23. The topological polar surface area (TPSA) is 55.8 Å². The summed E-state index contributed by atoms with van der Waals surface area (Å²) < 4.78 is 10.7. The van der Waals surface area contributed by atoms with Crippen LogP contribution in [0.3, 0.4) is 0 Å². The van der Waals surface area contributed by atoms with Gasteiger partial charge in [-0.15, -0.1) is 0 Å². The molecule has 0 N–H and O–H groups in total. The molecule has 1 amide bonds. The summed E-state index contributed by atoms with van der Waals surface area (Å²) in [5.74, 6) is 0.0195. The van der Waals surface area contributed by atoms with Crippen molar-refractivity contribution in [3.63, 3.8) is 0 Å². The van der Waals surface area contributed by atoms with Gasteiger partial charge in [-0.2, -0.15) is 0 Å². The first-order valence-corrected chi connectivity index (χ1v) is 10.1. The maximum absolute atomic E-state index is 13.4. The maximum atomic E-state index is 13.4. The average Bonchev–Trinajstić information content (AvgIpc) is 2.96. The van der Waals surface area contributed by atoms with Gasteiger partial charge in [0.2, 0.25) is 0 Å². The number of allylic oxidation sites excluding steroid dienone is 1. The van der Waals surface area contributed by atoms with E-state index in [9.17, 15) is 9.59 Å².